The Labute approximate surface area is 117 Å². The van der Waals surface area contributed by atoms with Crippen molar-refractivity contribution < 1.29 is 8.42 Å². The lowest BCUT2D eigenvalue weighted by Gasteiger charge is -2.07. The number of nitrogens with one attached hydrogen (secondary N) is 1. The van der Waals surface area contributed by atoms with Crippen LogP contribution in [0.1, 0.15) is 24.1 Å². The number of fused-ring (bicyclic) bond motifs is 1. The summed E-state index contributed by atoms with van der Waals surface area (Å²) in [6.07, 6.45) is 3.42. The second-order valence-electron chi connectivity index (χ2n) is 4.54. The van der Waals surface area contributed by atoms with Crippen LogP contribution < -0.4 is 4.72 Å². The maximum Gasteiger partial charge on any atom is 0.263 e. The van der Waals surface area contributed by atoms with Crippen molar-refractivity contribution in [2.24, 2.45) is 4.99 Å². The summed E-state index contributed by atoms with van der Waals surface area (Å²) in [5.41, 5.74) is 1.55. The van der Waals surface area contributed by atoms with E-state index in [1.54, 1.807) is 36.7 Å². The smallest absolute Gasteiger partial charge is 0.263 e. The van der Waals surface area contributed by atoms with E-state index in [1.807, 2.05) is 19.1 Å². The summed E-state index contributed by atoms with van der Waals surface area (Å²) in [5.74, 6) is 0.386. The van der Waals surface area contributed by atoms with Gasteiger partial charge in [-0.25, -0.2) is 8.42 Å². The summed E-state index contributed by atoms with van der Waals surface area (Å²) >= 11 is 0. The average Bonchev–Trinajstić information content (AvgIpc) is 2.72. The van der Waals surface area contributed by atoms with Gasteiger partial charge in [-0.05, 0) is 30.7 Å². The quantitative estimate of drug-likeness (QED) is 0.916. The zero-order valence-electron chi connectivity index (χ0n) is 10.8. The summed E-state index contributed by atoms with van der Waals surface area (Å²) in [5, 5.41) is 0. The lowest BCUT2D eigenvalue weighted by Crippen LogP contribution is -2.22. The highest BCUT2D eigenvalue weighted by Crippen LogP contribution is 2.24. The largest absolute Gasteiger partial charge is 0.264 e. The number of sulfonamides is 1. The van der Waals surface area contributed by atoms with Crippen LogP contribution in [0.3, 0.4) is 0 Å². The van der Waals surface area contributed by atoms with E-state index in [0.29, 0.717) is 11.4 Å². The molecule has 0 saturated heterocycles. The number of benzene rings is 1. The van der Waals surface area contributed by atoms with Crippen LogP contribution in [0, 0.1) is 0 Å². The number of nitrogens with zero attached hydrogens (tertiary/aromatic N) is 2. The highest BCUT2D eigenvalue weighted by Gasteiger charge is 2.30. The molecule has 0 aliphatic carbocycles. The SMILES string of the molecule is CC(N=C1NS(=O)(=O)c2ccccc21)c1cccnc1. The summed E-state index contributed by atoms with van der Waals surface area (Å²) in [4.78, 5) is 8.79. The van der Waals surface area contributed by atoms with Crippen LogP contribution in [-0.4, -0.2) is 19.2 Å². The molecule has 0 spiro atoms. The molecule has 0 fully saturated rings. The first-order valence-electron chi connectivity index (χ1n) is 6.18. The minimum atomic E-state index is -3.48. The van der Waals surface area contributed by atoms with Crippen molar-refractivity contribution >= 4 is 15.9 Å². The van der Waals surface area contributed by atoms with Crippen LogP contribution in [0.5, 0.6) is 0 Å². The number of aliphatic imine (C=N–C) groups is 1. The maximum atomic E-state index is 12.0. The van der Waals surface area contributed by atoms with Gasteiger partial charge in [-0.15, -0.1) is 0 Å². The van der Waals surface area contributed by atoms with Gasteiger partial charge in [0.25, 0.3) is 10.0 Å². The molecule has 20 heavy (non-hydrogen) atoms. The standard InChI is InChI=1S/C14H13N3O2S/c1-10(11-5-4-8-15-9-11)16-14-12-6-2-3-7-13(12)20(18,19)17-14/h2-10H,1H3,(H,16,17). The lowest BCUT2D eigenvalue weighted by molar-refractivity contribution is 0.595. The Morgan fingerprint density at radius 3 is 2.75 bits per heavy atom. The third-order valence-corrected chi connectivity index (χ3v) is 4.55. The third kappa shape index (κ3) is 2.18. The molecule has 0 radical (unpaired) electrons. The molecule has 2 aromatic rings. The molecule has 1 aromatic carbocycles. The summed E-state index contributed by atoms with van der Waals surface area (Å²) < 4.78 is 26.5. The molecule has 1 aliphatic rings. The monoisotopic (exact) mass is 287 g/mol. The van der Waals surface area contributed by atoms with Crippen molar-refractivity contribution in [3.63, 3.8) is 0 Å². The van der Waals surface area contributed by atoms with Crippen LogP contribution in [-0.2, 0) is 10.0 Å². The first-order chi connectivity index (χ1) is 9.58. The van der Waals surface area contributed by atoms with Gasteiger partial charge in [0.15, 0.2) is 0 Å². The Morgan fingerprint density at radius 2 is 2.00 bits per heavy atom. The van der Waals surface area contributed by atoms with Crippen molar-refractivity contribution in [2.45, 2.75) is 17.9 Å². The molecule has 1 N–H and O–H groups in total. The fourth-order valence-corrected chi connectivity index (χ4v) is 3.36. The molecular formula is C14H13N3O2S. The van der Waals surface area contributed by atoms with Gasteiger partial charge in [-0.1, -0.05) is 18.2 Å². The number of pyridine rings is 1. The minimum absolute atomic E-state index is 0.174. The predicted molar refractivity (Wildman–Crippen MR) is 76.0 cm³/mol. The van der Waals surface area contributed by atoms with E-state index < -0.39 is 10.0 Å². The Hall–Kier alpha value is -2.21. The highest BCUT2D eigenvalue weighted by atomic mass is 32.2. The molecule has 3 rings (SSSR count). The molecule has 0 bridgehead atoms. The number of hydrogen-bond acceptors (Lipinski definition) is 4. The van der Waals surface area contributed by atoms with Crippen molar-refractivity contribution in [2.75, 3.05) is 0 Å². The van der Waals surface area contributed by atoms with Crippen LogP contribution in [0.25, 0.3) is 0 Å². The van der Waals surface area contributed by atoms with Crippen LogP contribution in [0.4, 0.5) is 0 Å². The number of aromatic nitrogens is 1. The highest BCUT2D eigenvalue weighted by molar-refractivity contribution is 7.90. The van der Waals surface area contributed by atoms with Crippen molar-refractivity contribution in [3.8, 4) is 0 Å². The second-order valence-corrected chi connectivity index (χ2v) is 6.19. The van der Waals surface area contributed by atoms with E-state index in [2.05, 4.69) is 14.7 Å². The van der Waals surface area contributed by atoms with Crippen LogP contribution >= 0.6 is 0 Å². The topological polar surface area (TPSA) is 71.4 Å². The Bertz CT molecular complexity index is 770. The molecule has 1 aromatic heterocycles. The van der Waals surface area contributed by atoms with Gasteiger partial charge in [0, 0.05) is 18.0 Å². The molecule has 5 nitrogen and oxygen atoms in total. The fourth-order valence-electron chi connectivity index (χ4n) is 2.12. The first kappa shape index (κ1) is 12.8. The van der Waals surface area contributed by atoms with Gasteiger partial charge in [-0.3, -0.25) is 14.7 Å². The van der Waals surface area contributed by atoms with Gasteiger partial charge < -0.3 is 0 Å². The lowest BCUT2D eigenvalue weighted by atomic mass is 10.1. The van der Waals surface area contributed by atoms with Crippen LogP contribution in [0.2, 0.25) is 0 Å². The molecule has 1 unspecified atom stereocenters. The molecule has 6 heteroatoms. The van der Waals surface area contributed by atoms with E-state index >= 15 is 0 Å². The molecule has 0 saturated carbocycles. The third-order valence-electron chi connectivity index (χ3n) is 3.15. The van der Waals surface area contributed by atoms with E-state index in [4.69, 9.17) is 0 Å². The zero-order chi connectivity index (χ0) is 14.2. The van der Waals surface area contributed by atoms with Gasteiger partial charge in [0.05, 0.1) is 10.9 Å². The van der Waals surface area contributed by atoms with Crippen molar-refractivity contribution in [1.29, 1.82) is 0 Å². The van der Waals surface area contributed by atoms with E-state index in [-0.39, 0.29) is 10.9 Å². The Morgan fingerprint density at radius 1 is 1.20 bits per heavy atom. The fraction of sp³-hybridized carbons (Fsp3) is 0.143. The Kier molecular flexibility index (Phi) is 3.02. The molecule has 2 heterocycles. The van der Waals surface area contributed by atoms with Gasteiger partial charge in [-0.2, -0.15) is 0 Å². The molecule has 1 atom stereocenters. The average molecular weight is 287 g/mol. The Balaban J connectivity index is 2.03. The predicted octanol–water partition coefficient (Wildman–Crippen LogP) is 1.88. The number of hydrogen-bond donors (Lipinski definition) is 1. The van der Waals surface area contributed by atoms with Gasteiger partial charge in [0.1, 0.15) is 5.84 Å². The van der Waals surface area contributed by atoms with E-state index in [0.717, 1.165) is 5.56 Å². The summed E-state index contributed by atoms with van der Waals surface area (Å²) in [7, 11) is -3.48. The minimum Gasteiger partial charge on any atom is -0.264 e. The van der Waals surface area contributed by atoms with E-state index in [9.17, 15) is 8.42 Å². The van der Waals surface area contributed by atoms with Crippen molar-refractivity contribution in [3.05, 3.63) is 59.9 Å². The summed E-state index contributed by atoms with van der Waals surface area (Å²) in [6.45, 7) is 1.90. The normalized spacial score (nSPS) is 19.4. The second kappa shape index (κ2) is 4.72. The van der Waals surface area contributed by atoms with Crippen molar-refractivity contribution in [1.82, 2.24) is 9.71 Å². The molecule has 102 valence electrons. The van der Waals surface area contributed by atoms with Gasteiger partial charge in [0.2, 0.25) is 0 Å². The van der Waals surface area contributed by atoms with E-state index in [1.165, 1.54) is 0 Å². The zero-order valence-corrected chi connectivity index (χ0v) is 11.6. The first-order valence-corrected chi connectivity index (χ1v) is 7.66. The summed E-state index contributed by atoms with van der Waals surface area (Å²) in [6, 6.07) is 10.4. The number of amidine groups is 1. The van der Waals surface area contributed by atoms with Gasteiger partial charge >= 0.3 is 0 Å². The van der Waals surface area contributed by atoms with Crippen LogP contribution in [0.15, 0.2) is 58.7 Å². The number of rotatable bonds is 2. The maximum absolute atomic E-state index is 12.0. The molecule has 1 aliphatic heterocycles. The molecular weight excluding hydrogens is 274 g/mol. The molecule has 0 amide bonds.